The average molecular weight is 113 g/mol. The molecule has 0 aliphatic rings. The zero-order valence-electron chi connectivity index (χ0n) is 5.77. The second kappa shape index (κ2) is 2.31. The van der Waals surface area contributed by atoms with Gasteiger partial charge in [-0.3, -0.25) is 0 Å². The first kappa shape index (κ1) is 7.70. The molecule has 0 N–H and O–H groups in total. The summed E-state index contributed by atoms with van der Waals surface area (Å²) in [5.41, 5.74) is -0.859. The Hall–Kier alpha value is -0.300. The van der Waals surface area contributed by atoms with Gasteiger partial charge >= 0.3 is 0 Å². The lowest BCUT2D eigenvalue weighted by Crippen LogP contribution is -2.24. The van der Waals surface area contributed by atoms with Crippen molar-refractivity contribution in [1.29, 1.82) is 0 Å². The Labute approximate surface area is 51.0 Å². The number of rotatable bonds is 2. The fraction of sp³-hybridized carbons (Fsp3) is 0.714. The minimum atomic E-state index is -0.859. The lowest BCUT2D eigenvalue weighted by atomic mass is 9.93. The molecule has 0 rings (SSSR count). The van der Waals surface area contributed by atoms with Crippen molar-refractivity contribution in [3.8, 4) is 0 Å². The largest absolute Gasteiger partial charge is 0.229 e. The molecule has 0 saturated carbocycles. The van der Waals surface area contributed by atoms with Crippen LogP contribution in [-0.2, 0) is 5.11 Å². The monoisotopic (exact) mass is 113 g/mol. The Morgan fingerprint density at radius 3 is 2.00 bits per heavy atom. The summed E-state index contributed by atoms with van der Waals surface area (Å²) in [5.74, 6) is 0.0579. The predicted molar refractivity (Wildman–Crippen MR) is 34.1 cm³/mol. The van der Waals surface area contributed by atoms with Gasteiger partial charge in [0.05, 0.1) is 0 Å². The van der Waals surface area contributed by atoms with Crippen LogP contribution in [0.5, 0.6) is 0 Å². The molecular formula is C7H13O. The Kier molecular flexibility index (Phi) is 2.23. The van der Waals surface area contributed by atoms with Crippen LogP contribution < -0.4 is 0 Å². The third kappa shape index (κ3) is 2.12. The van der Waals surface area contributed by atoms with Crippen LogP contribution in [0.15, 0.2) is 12.7 Å². The zero-order chi connectivity index (χ0) is 6.78. The van der Waals surface area contributed by atoms with Gasteiger partial charge in [-0.1, -0.05) is 13.0 Å². The first-order chi connectivity index (χ1) is 3.48. The molecule has 0 aromatic carbocycles. The minimum Gasteiger partial charge on any atom is -0.229 e. The van der Waals surface area contributed by atoms with Crippen LogP contribution in [0.3, 0.4) is 0 Å². The van der Waals surface area contributed by atoms with Gasteiger partial charge in [-0.25, -0.2) is 5.11 Å². The fourth-order valence-corrected chi connectivity index (χ4v) is 0.284. The van der Waals surface area contributed by atoms with E-state index in [2.05, 4.69) is 6.58 Å². The molecule has 0 spiro atoms. The van der Waals surface area contributed by atoms with Crippen molar-refractivity contribution in [1.82, 2.24) is 0 Å². The predicted octanol–water partition coefficient (Wildman–Crippen LogP) is 2.02. The highest BCUT2D eigenvalue weighted by Crippen LogP contribution is 2.16. The second-order valence-electron chi connectivity index (χ2n) is 2.63. The summed E-state index contributed by atoms with van der Waals surface area (Å²) in [7, 11) is 0. The molecule has 0 aromatic heterocycles. The standard InChI is InChI=1S/C7H13O/c1-5-6(2)7(3,4)8/h5-6H,1H2,2-4H3. The van der Waals surface area contributed by atoms with Crippen molar-refractivity contribution in [2.75, 3.05) is 0 Å². The highest BCUT2D eigenvalue weighted by atomic mass is 16.3. The molecule has 47 valence electrons. The minimum absolute atomic E-state index is 0.0579. The first-order valence-electron chi connectivity index (χ1n) is 2.81. The van der Waals surface area contributed by atoms with Crippen LogP contribution in [0.4, 0.5) is 0 Å². The Morgan fingerprint density at radius 2 is 2.00 bits per heavy atom. The van der Waals surface area contributed by atoms with Gasteiger partial charge in [0.25, 0.3) is 0 Å². The van der Waals surface area contributed by atoms with Gasteiger partial charge in [0.15, 0.2) is 0 Å². The summed E-state index contributed by atoms with van der Waals surface area (Å²) in [6, 6.07) is 0. The van der Waals surface area contributed by atoms with Gasteiger partial charge in [-0.05, 0) is 13.8 Å². The third-order valence-electron chi connectivity index (χ3n) is 1.45. The average Bonchev–Trinajstić information content (AvgIpc) is 1.62. The van der Waals surface area contributed by atoms with E-state index in [1.165, 1.54) is 0 Å². The molecule has 0 amide bonds. The molecule has 1 unspecified atom stereocenters. The van der Waals surface area contributed by atoms with Crippen molar-refractivity contribution in [2.45, 2.75) is 26.4 Å². The molecular weight excluding hydrogens is 100 g/mol. The van der Waals surface area contributed by atoms with Crippen LogP contribution in [0, 0.1) is 5.92 Å². The molecule has 1 heteroatoms. The molecule has 0 aliphatic heterocycles. The molecule has 0 bridgehead atoms. The van der Waals surface area contributed by atoms with E-state index in [1.807, 2.05) is 6.92 Å². The van der Waals surface area contributed by atoms with Crippen LogP contribution >= 0.6 is 0 Å². The van der Waals surface area contributed by atoms with Gasteiger partial charge in [0.1, 0.15) is 5.60 Å². The highest BCUT2D eigenvalue weighted by molar-refractivity contribution is 4.86. The van der Waals surface area contributed by atoms with Crippen molar-refractivity contribution in [2.24, 2.45) is 5.92 Å². The van der Waals surface area contributed by atoms with Crippen LogP contribution in [0.1, 0.15) is 20.8 Å². The van der Waals surface area contributed by atoms with Gasteiger partial charge in [-0.15, -0.1) is 6.58 Å². The van der Waals surface area contributed by atoms with E-state index < -0.39 is 5.60 Å². The highest BCUT2D eigenvalue weighted by Gasteiger charge is 2.20. The molecule has 1 radical (unpaired) electrons. The smallest absolute Gasteiger partial charge is 0.104 e. The van der Waals surface area contributed by atoms with Crippen molar-refractivity contribution in [3.05, 3.63) is 12.7 Å². The normalized spacial score (nSPS) is 15.5. The second-order valence-corrected chi connectivity index (χ2v) is 2.63. The topological polar surface area (TPSA) is 19.9 Å². The molecule has 0 saturated heterocycles. The van der Waals surface area contributed by atoms with E-state index in [0.717, 1.165) is 0 Å². The lowest BCUT2D eigenvalue weighted by Gasteiger charge is -2.18. The van der Waals surface area contributed by atoms with Crippen molar-refractivity contribution >= 4 is 0 Å². The Morgan fingerprint density at radius 1 is 1.62 bits per heavy atom. The zero-order valence-corrected chi connectivity index (χ0v) is 5.77. The van der Waals surface area contributed by atoms with E-state index in [0.29, 0.717) is 0 Å². The van der Waals surface area contributed by atoms with Gasteiger partial charge < -0.3 is 0 Å². The Balaban J connectivity index is 3.80. The van der Waals surface area contributed by atoms with E-state index in [-0.39, 0.29) is 5.92 Å². The molecule has 0 aromatic rings. The van der Waals surface area contributed by atoms with Crippen LogP contribution in [-0.4, -0.2) is 5.60 Å². The maximum Gasteiger partial charge on any atom is 0.104 e. The summed E-state index contributed by atoms with van der Waals surface area (Å²) >= 11 is 0. The molecule has 0 heterocycles. The fourth-order valence-electron chi connectivity index (χ4n) is 0.284. The van der Waals surface area contributed by atoms with Gasteiger partial charge in [0.2, 0.25) is 0 Å². The summed E-state index contributed by atoms with van der Waals surface area (Å²) in [4.78, 5) is 0. The van der Waals surface area contributed by atoms with Crippen molar-refractivity contribution < 1.29 is 5.11 Å². The van der Waals surface area contributed by atoms with Gasteiger partial charge in [-0.2, -0.15) is 0 Å². The molecule has 0 fully saturated rings. The molecule has 1 nitrogen and oxygen atoms in total. The summed E-state index contributed by atoms with van der Waals surface area (Å²) in [6.45, 7) is 8.73. The quantitative estimate of drug-likeness (QED) is 0.488. The van der Waals surface area contributed by atoms with E-state index >= 15 is 0 Å². The van der Waals surface area contributed by atoms with E-state index in [4.69, 9.17) is 0 Å². The maximum atomic E-state index is 11.0. The first-order valence-corrected chi connectivity index (χ1v) is 2.81. The molecule has 8 heavy (non-hydrogen) atoms. The lowest BCUT2D eigenvalue weighted by molar-refractivity contribution is -0.0255. The molecule has 1 atom stereocenters. The maximum absolute atomic E-state index is 11.0. The van der Waals surface area contributed by atoms with E-state index in [9.17, 15) is 5.11 Å². The summed E-state index contributed by atoms with van der Waals surface area (Å²) < 4.78 is 0. The summed E-state index contributed by atoms with van der Waals surface area (Å²) in [5, 5.41) is 11.0. The van der Waals surface area contributed by atoms with Crippen LogP contribution in [0.2, 0.25) is 0 Å². The SMILES string of the molecule is C=CC(C)C(C)(C)[O]. The number of hydrogen-bond donors (Lipinski definition) is 0. The van der Waals surface area contributed by atoms with Gasteiger partial charge in [0, 0.05) is 5.92 Å². The summed E-state index contributed by atoms with van der Waals surface area (Å²) in [6.07, 6.45) is 1.69. The third-order valence-corrected chi connectivity index (χ3v) is 1.45. The van der Waals surface area contributed by atoms with E-state index in [1.54, 1.807) is 19.9 Å². The number of hydrogen-bond acceptors (Lipinski definition) is 0. The Bertz CT molecular complexity index is 78.9. The van der Waals surface area contributed by atoms with Crippen molar-refractivity contribution in [3.63, 3.8) is 0 Å². The van der Waals surface area contributed by atoms with Crippen LogP contribution in [0.25, 0.3) is 0 Å². The molecule has 0 aliphatic carbocycles.